The van der Waals surface area contributed by atoms with E-state index in [0.29, 0.717) is 30.3 Å². The summed E-state index contributed by atoms with van der Waals surface area (Å²) in [6.07, 6.45) is 3.83. The van der Waals surface area contributed by atoms with Gasteiger partial charge in [-0.3, -0.25) is 4.68 Å². The van der Waals surface area contributed by atoms with Gasteiger partial charge in [0.25, 0.3) is 0 Å². The third kappa shape index (κ3) is 3.78. The molecule has 1 fully saturated rings. The van der Waals surface area contributed by atoms with Crippen LogP contribution in [0.15, 0.2) is 30.6 Å². The van der Waals surface area contributed by atoms with Crippen LogP contribution in [0.4, 0.5) is 16.2 Å². The fraction of sp³-hybridized carbons (Fsp3) is 0.412. The third-order valence-electron chi connectivity index (χ3n) is 4.26. The lowest BCUT2D eigenvalue weighted by atomic mass is 10.2. The van der Waals surface area contributed by atoms with Crippen LogP contribution >= 0.6 is 0 Å². The number of anilines is 2. The van der Waals surface area contributed by atoms with Gasteiger partial charge in [-0.05, 0) is 12.1 Å². The predicted octanol–water partition coefficient (Wildman–Crippen LogP) is 1.79. The van der Waals surface area contributed by atoms with Crippen LogP contribution in [0.2, 0.25) is 0 Å². The molecular weight excluding hydrogens is 322 g/mol. The first-order chi connectivity index (χ1) is 12.1. The second-order valence-electron chi connectivity index (χ2n) is 5.85. The van der Waals surface area contributed by atoms with E-state index in [1.165, 1.54) is 0 Å². The van der Waals surface area contributed by atoms with Gasteiger partial charge in [0.1, 0.15) is 0 Å². The Labute approximate surface area is 146 Å². The van der Waals surface area contributed by atoms with Crippen molar-refractivity contribution in [1.29, 1.82) is 0 Å². The standard InChI is InChI=1S/C17H23N5O3/c1-20-12-14(11-18-20)21-6-8-22(9-7-21)17(23)19-13-4-5-15(24-2)16(10-13)25-3/h4-5,10-12H,6-9H2,1-3H3,(H,19,23). The van der Waals surface area contributed by atoms with Gasteiger partial charge in [-0.15, -0.1) is 0 Å². The number of nitrogens with zero attached hydrogens (tertiary/aromatic N) is 4. The second kappa shape index (κ2) is 7.33. The molecule has 8 nitrogen and oxygen atoms in total. The highest BCUT2D eigenvalue weighted by Crippen LogP contribution is 2.29. The van der Waals surface area contributed by atoms with Crippen molar-refractivity contribution in [3.05, 3.63) is 30.6 Å². The molecular formula is C17H23N5O3. The Balaban J connectivity index is 1.58. The molecule has 1 aromatic heterocycles. The molecule has 0 atom stereocenters. The Hall–Kier alpha value is -2.90. The van der Waals surface area contributed by atoms with Crippen molar-refractivity contribution in [1.82, 2.24) is 14.7 Å². The molecule has 0 bridgehead atoms. The molecule has 1 aliphatic heterocycles. The van der Waals surface area contributed by atoms with E-state index < -0.39 is 0 Å². The Bertz CT molecular complexity index is 738. The highest BCUT2D eigenvalue weighted by atomic mass is 16.5. The summed E-state index contributed by atoms with van der Waals surface area (Å²) in [7, 11) is 5.05. The fourth-order valence-corrected chi connectivity index (χ4v) is 2.86. The maximum Gasteiger partial charge on any atom is 0.321 e. The SMILES string of the molecule is COc1ccc(NC(=O)N2CCN(c3cnn(C)c3)CC2)cc1OC. The zero-order valence-electron chi connectivity index (χ0n) is 14.7. The van der Waals surface area contributed by atoms with E-state index in [4.69, 9.17) is 9.47 Å². The minimum Gasteiger partial charge on any atom is -0.493 e. The zero-order valence-corrected chi connectivity index (χ0v) is 14.7. The van der Waals surface area contributed by atoms with Crippen molar-refractivity contribution in [3.8, 4) is 11.5 Å². The van der Waals surface area contributed by atoms with E-state index in [-0.39, 0.29) is 6.03 Å². The molecule has 8 heteroatoms. The normalized spacial score (nSPS) is 14.4. The summed E-state index contributed by atoms with van der Waals surface area (Å²) in [4.78, 5) is 16.5. The van der Waals surface area contributed by atoms with Crippen LogP contribution in [0.25, 0.3) is 0 Å². The molecule has 0 spiro atoms. The van der Waals surface area contributed by atoms with Crippen LogP contribution in [-0.4, -0.2) is 61.1 Å². The minimum absolute atomic E-state index is 0.113. The molecule has 2 aromatic rings. The Kier molecular flexibility index (Phi) is 4.97. The molecule has 0 saturated carbocycles. The molecule has 134 valence electrons. The predicted molar refractivity (Wildman–Crippen MR) is 95.6 cm³/mol. The van der Waals surface area contributed by atoms with Gasteiger partial charge in [0.15, 0.2) is 11.5 Å². The van der Waals surface area contributed by atoms with Crippen LogP contribution in [0.5, 0.6) is 11.5 Å². The first kappa shape index (κ1) is 16.9. The summed E-state index contributed by atoms with van der Waals surface area (Å²) in [5.41, 5.74) is 1.76. The maximum atomic E-state index is 12.5. The van der Waals surface area contributed by atoms with Gasteiger partial charge < -0.3 is 24.6 Å². The van der Waals surface area contributed by atoms with Gasteiger partial charge in [0.05, 0.1) is 26.1 Å². The summed E-state index contributed by atoms with van der Waals surface area (Å²) in [6.45, 7) is 2.89. The molecule has 0 unspecified atom stereocenters. The number of rotatable bonds is 4. The van der Waals surface area contributed by atoms with Gasteiger partial charge in [0, 0.05) is 51.2 Å². The van der Waals surface area contributed by atoms with Crippen molar-refractivity contribution < 1.29 is 14.3 Å². The molecule has 1 aliphatic rings. The van der Waals surface area contributed by atoms with Gasteiger partial charge in [-0.25, -0.2) is 4.79 Å². The minimum atomic E-state index is -0.113. The quantitative estimate of drug-likeness (QED) is 0.915. The summed E-state index contributed by atoms with van der Waals surface area (Å²) < 4.78 is 12.3. The highest BCUT2D eigenvalue weighted by Gasteiger charge is 2.22. The summed E-state index contributed by atoms with van der Waals surface area (Å²) >= 11 is 0. The molecule has 3 rings (SSSR count). The zero-order chi connectivity index (χ0) is 17.8. The number of urea groups is 1. The number of carbonyl (C=O) groups excluding carboxylic acids is 1. The second-order valence-corrected chi connectivity index (χ2v) is 5.85. The van der Waals surface area contributed by atoms with E-state index in [9.17, 15) is 4.79 Å². The lowest BCUT2D eigenvalue weighted by Crippen LogP contribution is -2.50. The smallest absolute Gasteiger partial charge is 0.321 e. The lowest BCUT2D eigenvalue weighted by Gasteiger charge is -2.35. The molecule has 2 amide bonds. The number of hydrogen-bond donors (Lipinski definition) is 1. The Morgan fingerprint density at radius 3 is 2.44 bits per heavy atom. The Morgan fingerprint density at radius 2 is 1.84 bits per heavy atom. The number of nitrogens with one attached hydrogen (secondary N) is 1. The van der Waals surface area contributed by atoms with E-state index >= 15 is 0 Å². The molecule has 1 aromatic carbocycles. The average molecular weight is 345 g/mol. The first-order valence-electron chi connectivity index (χ1n) is 8.12. The van der Waals surface area contributed by atoms with Crippen LogP contribution in [0.1, 0.15) is 0 Å². The van der Waals surface area contributed by atoms with Gasteiger partial charge >= 0.3 is 6.03 Å². The van der Waals surface area contributed by atoms with Crippen molar-refractivity contribution >= 4 is 17.4 Å². The van der Waals surface area contributed by atoms with Crippen molar-refractivity contribution in [2.45, 2.75) is 0 Å². The number of aromatic nitrogens is 2. The number of aryl methyl sites for hydroxylation is 1. The average Bonchev–Trinajstić information content (AvgIpc) is 3.08. The van der Waals surface area contributed by atoms with Gasteiger partial charge in [-0.2, -0.15) is 5.10 Å². The molecule has 2 heterocycles. The summed E-state index contributed by atoms with van der Waals surface area (Å²) in [5, 5.41) is 7.11. The van der Waals surface area contributed by atoms with Gasteiger partial charge in [0.2, 0.25) is 0 Å². The van der Waals surface area contributed by atoms with Crippen LogP contribution < -0.4 is 19.7 Å². The third-order valence-corrected chi connectivity index (χ3v) is 4.26. The Morgan fingerprint density at radius 1 is 1.12 bits per heavy atom. The van der Waals surface area contributed by atoms with E-state index in [1.807, 2.05) is 24.3 Å². The van der Waals surface area contributed by atoms with Crippen LogP contribution in [0.3, 0.4) is 0 Å². The highest BCUT2D eigenvalue weighted by molar-refractivity contribution is 5.90. The van der Waals surface area contributed by atoms with E-state index in [1.54, 1.807) is 37.1 Å². The van der Waals surface area contributed by atoms with E-state index in [2.05, 4.69) is 15.3 Å². The van der Waals surface area contributed by atoms with Gasteiger partial charge in [-0.1, -0.05) is 0 Å². The number of piperazine rings is 1. The molecule has 0 radical (unpaired) electrons. The van der Waals surface area contributed by atoms with Crippen LogP contribution in [-0.2, 0) is 7.05 Å². The topological polar surface area (TPSA) is 71.9 Å². The number of methoxy groups -OCH3 is 2. The number of amides is 2. The molecule has 1 saturated heterocycles. The molecule has 25 heavy (non-hydrogen) atoms. The monoisotopic (exact) mass is 345 g/mol. The number of benzene rings is 1. The van der Waals surface area contributed by atoms with Crippen molar-refractivity contribution in [2.24, 2.45) is 7.05 Å². The summed E-state index contributed by atoms with van der Waals surface area (Å²) in [5.74, 6) is 1.22. The number of carbonyl (C=O) groups is 1. The first-order valence-corrected chi connectivity index (χ1v) is 8.12. The van der Waals surface area contributed by atoms with E-state index in [0.717, 1.165) is 18.8 Å². The number of hydrogen-bond acceptors (Lipinski definition) is 5. The molecule has 0 aliphatic carbocycles. The number of ether oxygens (including phenoxy) is 2. The fourth-order valence-electron chi connectivity index (χ4n) is 2.86. The van der Waals surface area contributed by atoms with Crippen molar-refractivity contribution in [2.75, 3.05) is 50.6 Å². The maximum absolute atomic E-state index is 12.5. The van der Waals surface area contributed by atoms with Crippen molar-refractivity contribution in [3.63, 3.8) is 0 Å². The largest absolute Gasteiger partial charge is 0.493 e. The summed E-state index contributed by atoms with van der Waals surface area (Å²) in [6, 6.07) is 5.21. The van der Waals surface area contributed by atoms with Crippen LogP contribution in [0, 0.1) is 0 Å². The lowest BCUT2D eigenvalue weighted by molar-refractivity contribution is 0.208. The molecule has 1 N–H and O–H groups in total.